The molecular weight excluding hydrogens is 216 g/mol. The molecule has 1 amide bonds. The van der Waals surface area contributed by atoms with E-state index in [1.54, 1.807) is 31.2 Å². The first-order valence-corrected chi connectivity index (χ1v) is 4.77. The summed E-state index contributed by atoms with van der Waals surface area (Å²) in [6.45, 7) is 1.64. The second-order valence-electron chi connectivity index (χ2n) is 3.30. The number of hydrogen-bond acceptors (Lipinski definition) is 2. The molecule has 1 aromatic carbocycles. The second-order valence-corrected chi connectivity index (χ2v) is 3.30. The predicted octanol–water partition coefficient (Wildman–Crippen LogP) is 2.14. The van der Waals surface area contributed by atoms with Gasteiger partial charge in [0.25, 0.3) is 5.91 Å². The Morgan fingerprint density at radius 3 is 2.31 bits per heavy atom. The SMILES string of the molecule is COc1ccc([C@@H](C)NC(=O)C(F)F)cc1. The van der Waals surface area contributed by atoms with Gasteiger partial charge in [0.05, 0.1) is 13.2 Å². The van der Waals surface area contributed by atoms with Gasteiger partial charge >= 0.3 is 6.43 Å². The van der Waals surface area contributed by atoms with Crippen LogP contribution >= 0.6 is 0 Å². The molecule has 1 N–H and O–H groups in total. The van der Waals surface area contributed by atoms with Crippen LogP contribution in [0.4, 0.5) is 8.78 Å². The van der Waals surface area contributed by atoms with E-state index in [0.717, 1.165) is 5.56 Å². The van der Waals surface area contributed by atoms with Crippen molar-refractivity contribution in [2.24, 2.45) is 0 Å². The summed E-state index contributed by atoms with van der Waals surface area (Å²) >= 11 is 0. The highest BCUT2D eigenvalue weighted by Crippen LogP contribution is 2.17. The van der Waals surface area contributed by atoms with E-state index in [4.69, 9.17) is 4.74 Å². The molecule has 0 unspecified atom stereocenters. The minimum Gasteiger partial charge on any atom is -0.497 e. The van der Waals surface area contributed by atoms with E-state index in [1.165, 1.54) is 7.11 Å². The van der Waals surface area contributed by atoms with Crippen molar-refractivity contribution in [2.75, 3.05) is 7.11 Å². The Hall–Kier alpha value is -1.65. The summed E-state index contributed by atoms with van der Waals surface area (Å²) in [7, 11) is 1.54. The van der Waals surface area contributed by atoms with Crippen LogP contribution in [-0.4, -0.2) is 19.4 Å². The topological polar surface area (TPSA) is 38.3 Å². The highest BCUT2D eigenvalue weighted by atomic mass is 19.3. The van der Waals surface area contributed by atoms with Gasteiger partial charge in [0.1, 0.15) is 5.75 Å². The maximum atomic E-state index is 12.0. The number of carbonyl (C=O) groups excluding carboxylic acids is 1. The van der Waals surface area contributed by atoms with Gasteiger partial charge in [-0.1, -0.05) is 12.1 Å². The molecule has 1 rings (SSSR count). The standard InChI is InChI=1S/C11H13F2NO2/c1-7(14-11(15)10(12)13)8-3-5-9(16-2)6-4-8/h3-7,10H,1-2H3,(H,14,15)/t7-/m1/s1. The van der Waals surface area contributed by atoms with E-state index in [1.807, 2.05) is 0 Å². The number of nitrogens with one attached hydrogen (secondary N) is 1. The average Bonchev–Trinajstić information content (AvgIpc) is 2.28. The van der Waals surface area contributed by atoms with Gasteiger partial charge in [0.15, 0.2) is 0 Å². The molecule has 0 aromatic heterocycles. The number of carbonyl (C=O) groups is 1. The molecule has 0 bridgehead atoms. The Balaban J connectivity index is 2.65. The lowest BCUT2D eigenvalue weighted by molar-refractivity contribution is -0.132. The quantitative estimate of drug-likeness (QED) is 0.859. The van der Waals surface area contributed by atoms with Crippen LogP contribution in [0.15, 0.2) is 24.3 Å². The molecule has 3 nitrogen and oxygen atoms in total. The van der Waals surface area contributed by atoms with Crippen LogP contribution in [0.3, 0.4) is 0 Å². The van der Waals surface area contributed by atoms with Crippen LogP contribution in [0.5, 0.6) is 5.75 Å². The number of methoxy groups -OCH3 is 1. The molecule has 88 valence electrons. The monoisotopic (exact) mass is 229 g/mol. The molecule has 1 aromatic rings. The molecule has 0 radical (unpaired) electrons. The summed E-state index contributed by atoms with van der Waals surface area (Å²) in [5, 5.41) is 2.20. The van der Waals surface area contributed by atoms with E-state index < -0.39 is 18.4 Å². The van der Waals surface area contributed by atoms with Gasteiger partial charge in [0, 0.05) is 0 Å². The molecule has 0 aliphatic carbocycles. The zero-order valence-electron chi connectivity index (χ0n) is 9.04. The van der Waals surface area contributed by atoms with Crippen LogP contribution in [0.25, 0.3) is 0 Å². The van der Waals surface area contributed by atoms with Crippen molar-refractivity contribution in [3.05, 3.63) is 29.8 Å². The third-order valence-electron chi connectivity index (χ3n) is 2.17. The molecule has 5 heteroatoms. The second kappa shape index (κ2) is 5.44. The van der Waals surface area contributed by atoms with E-state index in [2.05, 4.69) is 5.32 Å². The Morgan fingerprint density at radius 2 is 1.88 bits per heavy atom. The first kappa shape index (κ1) is 12.4. The molecule has 0 heterocycles. The van der Waals surface area contributed by atoms with Gasteiger partial charge < -0.3 is 10.1 Å². The van der Waals surface area contributed by atoms with Crippen LogP contribution < -0.4 is 10.1 Å². The zero-order chi connectivity index (χ0) is 12.1. The summed E-state index contributed by atoms with van der Waals surface area (Å²) in [6, 6.07) is 6.40. The van der Waals surface area contributed by atoms with Crippen LogP contribution in [0.1, 0.15) is 18.5 Å². The summed E-state index contributed by atoms with van der Waals surface area (Å²) in [5.41, 5.74) is 0.745. The fraction of sp³-hybridized carbons (Fsp3) is 0.364. The van der Waals surface area contributed by atoms with Gasteiger partial charge in [-0.15, -0.1) is 0 Å². The van der Waals surface area contributed by atoms with Crippen molar-refractivity contribution in [3.63, 3.8) is 0 Å². The number of hydrogen-bond donors (Lipinski definition) is 1. The highest BCUT2D eigenvalue weighted by molar-refractivity contribution is 5.79. The molecule has 0 spiro atoms. The third kappa shape index (κ3) is 3.18. The van der Waals surface area contributed by atoms with Crippen LogP contribution in [0.2, 0.25) is 0 Å². The number of halogens is 2. The number of benzene rings is 1. The van der Waals surface area contributed by atoms with Crippen LogP contribution in [0, 0.1) is 0 Å². The summed E-state index contributed by atoms with van der Waals surface area (Å²) in [5.74, 6) is -0.584. The lowest BCUT2D eigenvalue weighted by atomic mass is 10.1. The number of amides is 1. The van der Waals surface area contributed by atoms with Crippen molar-refractivity contribution in [3.8, 4) is 5.75 Å². The molecule has 0 saturated heterocycles. The minimum absolute atomic E-state index is 0.451. The summed E-state index contributed by atoms with van der Waals surface area (Å²) in [4.78, 5) is 10.8. The fourth-order valence-corrected chi connectivity index (χ4v) is 1.25. The average molecular weight is 229 g/mol. The van der Waals surface area contributed by atoms with E-state index in [-0.39, 0.29) is 0 Å². The number of rotatable bonds is 4. The molecule has 16 heavy (non-hydrogen) atoms. The van der Waals surface area contributed by atoms with E-state index in [0.29, 0.717) is 5.75 Å². The summed E-state index contributed by atoms with van der Waals surface area (Å²) < 4.78 is 28.9. The Morgan fingerprint density at radius 1 is 1.31 bits per heavy atom. The zero-order valence-corrected chi connectivity index (χ0v) is 9.04. The van der Waals surface area contributed by atoms with Crippen molar-refractivity contribution in [1.82, 2.24) is 5.32 Å². The largest absolute Gasteiger partial charge is 0.497 e. The van der Waals surface area contributed by atoms with Crippen molar-refractivity contribution in [1.29, 1.82) is 0 Å². The third-order valence-corrected chi connectivity index (χ3v) is 2.17. The van der Waals surface area contributed by atoms with Crippen molar-refractivity contribution >= 4 is 5.91 Å². The predicted molar refractivity (Wildman–Crippen MR) is 55.6 cm³/mol. The molecule has 0 aliphatic rings. The summed E-state index contributed by atoms with van der Waals surface area (Å²) in [6.07, 6.45) is -2.99. The maximum absolute atomic E-state index is 12.0. The van der Waals surface area contributed by atoms with E-state index in [9.17, 15) is 13.6 Å². The maximum Gasteiger partial charge on any atom is 0.315 e. The molecule has 0 fully saturated rings. The lowest BCUT2D eigenvalue weighted by Gasteiger charge is -2.14. The Kier molecular flexibility index (Phi) is 4.22. The van der Waals surface area contributed by atoms with Gasteiger partial charge in [-0.2, -0.15) is 8.78 Å². The Bertz CT molecular complexity index is 352. The molecule has 0 aliphatic heterocycles. The number of alkyl halides is 2. The van der Waals surface area contributed by atoms with Crippen molar-refractivity contribution in [2.45, 2.75) is 19.4 Å². The molecular formula is C11H13F2NO2. The van der Waals surface area contributed by atoms with Gasteiger partial charge in [-0.3, -0.25) is 4.79 Å². The highest BCUT2D eigenvalue weighted by Gasteiger charge is 2.17. The first-order chi connectivity index (χ1) is 7.54. The minimum atomic E-state index is -2.99. The van der Waals surface area contributed by atoms with Gasteiger partial charge in [0.2, 0.25) is 0 Å². The van der Waals surface area contributed by atoms with Gasteiger partial charge in [-0.25, -0.2) is 0 Å². The van der Waals surface area contributed by atoms with E-state index >= 15 is 0 Å². The number of ether oxygens (including phenoxy) is 1. The molecule has 0 saturated carbocycles. The normalized spacial score (nSPS) is 12.3. The lowest BCUT2D eigenvalue weighted by Crippen LogP contribution is -2.31. The molecule has 1 atom stereocenters. The van der Waals surface area contributed by atoms with Crippen LogP contribution in [-0.2, 0) is 4.79 Å². The Labute approximate surface area is 92.4 Å². The fourth-order valence-electron chi connectivity index (χ4n) is 1.25. The van der Waals surface area contributed by atoms with Gasteiger partial charge in [-0.05, 0) is 24.6 Å². The smallest absolute Gasteiger partial charge is 0.315 e. The van der Waals surface area contributed by atoms with Crippen molar-refractivity contribution < 1.29 is 18.3 Å². The first-order valence-electron chi connectivity index (χ1n) is 4.77.